The van der Waals surface area contributed by atoms with Crippen LogP contribution in [-0.2, 0) is 0 Å². The second-order valence-electron chi connectivity index (χ2n) is 12.6. The van der Waals surface area contributed by atoms with Crippen LogP contribution in [-0.4, -0.2) is 27.7 Å². The fourth-order valence-electron chi connectivity index (χ4n) is 7.09. The largest absolute Gasteiger partial charge is 0.307 e. The van der Waals surface area contributed by atoms with Gasteiger partial charge in [-0.1, -0.05) is 26.2 Å². The van der Waals surface area contributed by atoms with Crippen molar-refractivity contribution in [2.75, 3.05) is 0 Å². The second kappa shape index (κ2) is 8.17. The van der Waals surface area contributed by atoms with E-state index >= 15 is 0 Å². The third-order valence-corrected chi connectivity index (χ3v) is 7.30. The summed E-state index contributed by atoms with van der Waals surface area (Å²) in [5, 5.41) is 7.76. The first-order valence-electron chi connectivity index (χ1n) is 11.7. The van der Waals surface area contributed by atoms with Gasteiger partial charge in [0.2, 0.25) is 0 Å². The summed E-state index contributed by atoms with van der Waals surface area (Å²) in [5.74, 6) is 7.67. The summed E-state index contributed by atoms with van der Waals surface area (Å²) < 4.78 is 0. The van der Waals surface area contributed by atoms with Crippen molar-refractivity contribution in [1.29, 1.82) is 0 Å². The van der Waals surface area contributed by atoms with E-state index in [2.05, 4.69) is 78.4 Å². The zero-order chi connectivity index (χ0) is 21.4. The predicted molar refractivity (Wildman–Crippen MR) is 122 cm³/mol. The lowest BCUT2D eigenvalue weighted by atomic mass is 9.57. The van der Waals surface area contributed by atoms with Crippen LogP contribution in [0.3, 0.4) is 0 Å². The van der Waals surface area contributed by atoms with Crippen LogP contribution in [0, 0.1) is 11.8 Å². The average Bonchev–Trinajstić information content (AvgIpc) is 2.45. The summed E-state index contributed by atoms with van der Waals surface area (Å²) in [5.41, 5.74) is 4.06. The van der Waals surface area contributed by atoms with E-state index in [1.807, 2.05) is 0 Å². The maximum atomic E-state index is 6.52. The molecule has 28 heavy (non-hydrogen) atoms. The van der Waals surface area contributed by atoms with Crippen LogP contribution in [0.15, 0.2) is 0 Å². The molecule has 0 radical (unpaired) electrons. The smallest absolute Gasteiger partial charge is 0.0380 e. The van der Waals surface area contributed by atoms with Crippen LogP contribution >= 0.6 is 0 Å². The Kier molecular flexibility index (Phi) is 7.03. The van der Waals surface area contributed by atoms with Gasteiger partial charge in [0.15, 0.2) is 0 Å². The Morgan fingerprint density at radius 1 is 0.750 bits per heavy atom. The number of nitrogens with two attached hydrogens (primary N) is 1. The van der Waals surface area contributed by atoms with E-state index in [4.69, 9.17) is 5.84 Å². The van der Waals surface area contributed by atoms with Crippen LogP contribution in [0.5, 0.6) is 0 Å². The highest BCUT2D eigenvalue weighted by molar-refractivity contribution is 5.11. The molecule has 166 valence electrons. The maximum absolute atomic E-state index is 6.52. The number of hydrazine groups is 1. The van der Waals surface area contributed by atoms with Crippen LogP contribution in [0.4, 0.5) is 0 Å². The first kappa shape index (κ1) is 24.1. The summed E-state index contributed by atoms with van der Waals surface area (Å²) >= 11 is 0. The molecule has 2 rings (SSSR count). The van der Waals surface area contributed by atoms with Gasteiger partial charge in [0, 0.05) is 27.7 Å². The quantitative estimate of drug-likeness (QED) is 0.282. The van der Waals surface area contributed by atoms with Crippen LogP contribution in [0.25, 0.3) is 0 Å². The molecule has 2 heterocycles. The van der Waals surface area contributed by atoms with Crippen molar-refractivity contribution in [1.82, 2.24) is 16.1 Å². The lowest BCUT2D eigenvalue weighted by Gasteiger charge is -2.59. The summed E-state index contributed by atoms with van der Waals surface area (Å²) in [7, 11) is 0. The molecule has 0 unspecified atom stereocenters. The first-order chi connectivity index (χ1) is 12.7. The molecule has 0 bridgehead atoms. The van der Waals surface area contributed by atoms with Gasteiger partial charge < -0.3 is 10.6 Å². The van der Waals surface area contributed by atoms with Gasteiger partial charge in [-0.15, -0.1) is 0 Å². The fraction of sp³-hybridized carbons (Fsp3) is 1.00. The summed E-state index contributed by atoms with van der Waals surface area (Å²) in [4.78, 5) is 0. The molecule has 0 aromatic carbocycles. The van der Waals surface area contributed by atoms with E-state index in [0.29, 0.717) is 11.8 Å². The van der Waals surface area contributed by atoms with Crippen molar-refractivity contribution in [2.45, 2.75) is 141 Å². The Morgan fingerprint density at radius 2 is 1.11 bits per heavy atom. The number of hydrogen-bond donors (Lipinski definition) is 4. The average molecular weight is 395 g/mol. The third kappa shape index (κ3) is 5.71. The number of nitrogens with one attached hydrogen (secondary N) is 3. The Hall–Kier alpha value is -0.160. The molecule has 0 aliphatic carbocycles. The Balaban J connectivity index is 2.44. The predicted octanol–water partition coefficient (Wildman–Crippen LogP) is 4.88. The maximum Gasteiger partial charge on any atom is 0.0380 e. The van der Waals surface area contributed by atoms with Gasteiger partial charge >= 0.3 is 0 Å². The molecule has 5 N–H and O–H groups in total. The van der Waals surface area contributed by atoms with E-state index in [0.717, 1.165) is 0 Å². The SMILES string of the molecule is CCCCCC(NN)(C1CC(C)(C)NC(C)(C)C1)C1CC(C)(C)NC(C)(C)C1. The highest BCUT2D eigenvalue weighted by Crippen LogP contribution is 2.49. The lowest BCUT2D eigenvalue weighted by Crippen LogP contribution is -2.70. The molecule has 0 saturated carbocycles. The van der Waals surface area contributed by atoms with Crippen LogP contribution in [0.2, 0.25) is 0 Å². The van der Waals surface area contributed by atoms with Crippen molar-refractivity contribution >= 4 is 0 Å². The van der Waals surface area contributed by atoms with Gasteiger partial charge in [-0.25, -0.2) is 0 Å². The van der Waals surface area contributed by atoms with E-state index < -0.39 is 0 Å². The molecule has 2 aliphatic heterocycles. The van der Waals surface area contributed by atoms with Crippen LogP contribution in [0.1, 0.15) is 114 Å². The van der Waals surface area contributed by atoms with E-state index in [-0.39, 0.29) is 27.7 Å². The number of unbranched alkanes of at least 4 members (excludes halogenated alkanes) is 2. The normalized spacial score (nSPS) is 27.6. The summed E-state index contributed by atoms with van der Waals surface area (Å²) in [6.45, 7) is 21.2. The molecular weight excluding hydrogens is 344 g/mol. The number of piperidine rings is 2. The summed E-state index contributed by atoms with van der Waals surface area (Å²) in [6, 6.07) is 0. The third-order valence-electron chi connectivity index (χ3n) is 7.30. The molecule has 0 spiro atoms. The number of rotatable bonds is 7. The van der Waals surface area contributed by atoms with Crippen molar-refractivity contribution in [3.05, 3.63) is 0 Å². The summed E-state index contributed by atoms with van der Waals surface area (Å²) in [6.07, 6.45) is 9.71. The van der Waals surface area contributed by atoms with Crippen molar-refractivity contribution in [3.8, 4) is 0 Å². The van der Waals surface area contributed by atoms with E-state index in [1.165, 1.54) is 51.4 Å². The molecule has 2 saturated heterocycles. The molecule has 0 amide bonds. The van der Waals surface area contributed by atoms with Crippen molar-refractivity contribution in [2.24, 2.45) is 17.7 Å². The Labute approximate surface area is 175 Å². The van der Waals surface area contributed by atoms with E-state index in [1.54, 1.807) is 0 Å². The highest BCUT2D eigenvalue weighted by Gasteiger charge is 2.54. The van der Waals surface area contributed by atoms with Crippen LogP contribution < -0.4 is 21.9 Å². The molecular formula is C24H50N4. The highest BCUT2D eigenvalue weighted by atomic mass is 15.3. The minimum Gasteiger partial charge on any atom is -0.307 e. The van der Waals surface area contributed by atoms with Gasteiger partial charge in [-0.2, -0.15) is 0 Å². The minimum atomic E-state index is 0.00243. The van der Waals surface area contributed by atoms with Gasteiger partial charge in [-0.05, 0) is 99.3 Å². The number of hydrogen-bond acceptors (Lipinski definition) is 4. The molecule has 4 nitrogen and oxygen atoms in total. The van der Waals surface area contributed by atoms with Crippen molar-refractivity contribution < 1.29 is 0 Å². The zero-order valence-corrected chi connectivity index (χ0v) is 20.4. The van der Waals surface area contributed by atoms with E-state index in [9.17, 15) is 0 Å². The topological polar surface area (TPSA) is 62.1 Å². The van der Waals surface area contributed by atoms with Gasteiger partial charge in [0.05, 0.1) is 0 Å². The Morgan fingerprint density at radius 3 is 1.39 bits per heavy atom. The second-order valence-corrected chi connectivity index (χ2v) is 12.6. The molecule has 4 heteroatoms. The molecule has 2 fully saturated rings. The first-order valence-corrected chi connectivity index (χ1v) is 11.7. The van der Waals surface area contributed by atoms with Gasteiger partial charge in [-0.3, -0.25) is 11.3 Å². The standard InChI is InChI=1S/C24H50N4/c1-10-11-12-13-24(28-25,18-14-20(2,3)26-21(4,5)15-18)19-16-22(6,7)27-23(8,9)17-19/h18-19,26-28H,10-17,25H2,1-9H3. The minimum absolute atomic E-state index is 0.00243. The fourth-order valence-corrected chi connectivity index (χ4v) is 7.09. The molecule has 0 aromatic heterocycles. The van der Waals surface area contributed by atoms with Gasteiger partial charge in [0.25, 0.3) is 0 Å². The van der Waals surface area contributed by atoms with Gasteiger partial charge in [0.1, 0.15) is 0 Å². The molecule has 0 aromatic rings. The zero-order valence-electron chi connectivity index (χ0n) is 20.4. The molecule has 0 atom stereocenters. The lowest BCUT2D eigenvalue weighted by molar-refractivity contribution is -0.0199. The molecule has 2 aliphatic rings. The van der Waals surface area contributed by atoms with Crippen molar-refractivity contribution in [3.63, 3.8) is 0 Å². The monoisotopic (exact) mass is 394 g/mol. The Bertz CT molecular complexity index is 451.